The van der Waals surface area contributed by atoms with E-state index in [2.05, 4.69) is 10.1 Å². The summed E-state index contributed by atoms with van der Waals surface area (Å²) in [6.07, 6.45) is 4.07. The summed E-state index contributed by atoms with van der Waals surface area (Å²) >= 11 is 0. The van der Waals surface area contributed by atoms with Gasteiger partial charge in [0.25, 0.3) is 0 Å². The molecule has 2 heterocycles. The van der Waals surface area contributed by atoms with Crippen molar-refractivity contribution in [1.82, 2.24) is 19.3 Å². The van der Waals surface area contributed by atoms with Crippen molar-refractivity contribution in [3.8, 4) is 5.82 Å². The molecule has 1 aliphatic rings. The molecule has 6 nitrogen and oxygen atoms in total. The summed E-state index contributed by atoms with van der Waals surface area (Å²) in [5.74, 6) is 1.15. The molecule has 0 unspecified atom stereocenters. The molecule has 4 rings (SSSR count). The highest BCUT2D eigenvalue weighted by atomic mass is 16.4. The van der Waals surface area contributed by atoms with E-state index in [4.69, 9.17) is 0 Å². The minimum Gasteiger partial charge on any atom is -0.478 e. The van der Waals surface area contributed by atoms with E-state index in [0.717, 1.165) is 30.0 Å². The molecule has 0 spiro atoms. The van der Waals surface area contributed by atoms with Gasteiger partial charge in [-0.05, 0) is 25.0 Å². The molecule has 0 atom stereocenters. The molecule has 1 fully saturated rings. The predicted octanol–water partition coefficient (Wildman–Crippen LogP) is 2.33. The van der Waals surface area contributed by atoms with Crippen LogP contribution in [0.25, 0.3) is 16.9 Å². The molecule has 0 amide bonds. The maximum absolute atomic E-state index is 11.4. The van der Waals surface area contributed by atoms with E-state index in [9.17, 15) is 9.90 Å². The van der Waals surface area contributed by atoms with Gasteiger partial charge in [-0.2, -0.15) is 5.10 Å². The highest BCUT2D eigenvalue weighted by Crippen LogP contribution is 2.41. The van der Waals surface area contributed by atoms with Gasteiger partial charge in [-0.3, -0.25) is 9.25 Å². The Labute approximate surface area is 120 Å². The van der Waals surface area contributed by atoms with Crippen molar-refractivity contribution >= 4 is 17.0 Å². The van der Waals surface area contributed by atoms with Crippen molar-refractivity contribution < 1.29 is 9.90 Å². The third-order valence-electron chi connectivity index (χ3n) is 3.81. The lowest BCUT2D eigenvalue weighted by atomic mass is 10.2. The summed E-state index contributed by atoms with van der Waals surface area (Å²) in [4.78, 5) is 16.0. The minimum atomic E-state index is -0.950. The smallest absolute Gasteiger partial charge is 0.337 e. The molecule has 0 bridgehead atoms. The molecule has 1 aliphatic carbocycles. The summed E-state index contributed by atoms with van der Waals surface area (Å²) in [5, 5.41) is 13.8. The fourth-order valence-electron chi connectivity index (χ4n) is 2.67. The molecule has 106 valence electrons. The van der Waals surface area contributed by atoms with E-state index in [-0.39, 0.29) is 5.56 Å². The van der Waals surface area contributed by atoms with E-state index >= 15 is 0 Å². The van der Waals surface area contributed by atoms with Gasteiger partial charge in [0.1, 0.15) is 11.3 Å². The number of imidazole rings is 1. The zero-order chi connectivity index (χ0) is 14.6. The van der Waals surface area contributed by atoms with Crippen LogP contribution in [0.2, 0.25) is 0 Å². The Bertz CT molecular complexity index is 858. The van der Waals surface area contributed by atoms with Gasteiger partial charge < -0.3 is 5.11 Å². The second-order valence-corrected chi connectivity index (χ2v) is 5.41. The lowest BCUT2D eigenvalue weighted by molar-refractivity contribution is 0.0699. The Hall–Kier alpha value is -2.63. The first kappa shape index (κ1) is 12.1. The SMILES string of the molecule is Cn1ccc(-n2c(C3CC3)nc3c(C(=O)O)cccc32)n1. The molecule has 2 aromatic heterocycles. The molecular weight excluding hydrogens is 268 g/mol. The summed E-state index contributed by atoms with van der Waals surface area (Å²) in [6, 6.07) is 7.16. The molecular formula is C15H14N4O2. The Balaban J connectivity index is 2.05. The quantitative estimate of drug-likeness (QED) is 0.800. The lowest BCUT2D eigenvalue weighted by Crippen LogP contribution is -2.02. The van der Waals surface area contributed by atoms with Gasteiger partial charge in [-0.1, -0.05) is 6.07 Å². The number of aryl methyl sites for hydroxylation is 1. The van der Waals surface area contributed by atoms with E-state index in [1.54, 1.807) is 16.8 Å². The van der Waals surface area contributed by atoms with Crippen LogP contribution in [0.1, 0.15) is 34.9 Å². The van der Waals surface area contributed by atoms with Crippen LogP contribution in [0.5, 0.6) is 0 Å². The molecule has 1 aromatic carbocycles. The molecule has 1 saturated carbocycles. The van der Waals surface area contributed by atoms with Crippen LogP contribution < -0.4 is 0 Å². The van der Waals surface area contributed by atoms with Crippen LogP contribution in [0.3, 0.4) is 0 Å². The maximum atomic E-state index is 11.4. The Morgan fingerprint density at radius 3 is 2.76 bits per heavy atom. The van der Waals surface area contributed by atoms with E-state index in [1.165, 1.54) is 0 Å². The first-order valence-corrected chi connectivity index (χ1v) is 6.90. The molecule has 0 aliphatic heterocycles. The Kier molecular flexibility index (Phi) is 2.42. The second kappa shape index (κ2) is 4.18. The van der Waals surface area contributed by atoms with Gasteiger partial charge in [0.2, 0.25) is 0 Å². The summed E-state index contributed by atoms with van der Waals surface area (Å²) in [5.41, 5.74) is 1.58. The van der Waals surface area contributed by atoms with Crippen molar-refractivity contribution in [3.05, 3.63) is 41.9 Å². The normalized spacial score (nSPS) is 14.7. The van der Waals surface area contributed by atoms with Crippen molar-refractivity contribution in [2.75, 3.05) is 0 Å². The average Bonchev–Trinajstić information content (AvgIpc) is 3.10. The summed E-state index contributed by atoms with van der Waals surface area (Å²) < 4.78 is 3.72. The number of benzene rings is 1. The van der Waals surface area contributed by atoms with Gasteiger partial charge in [0, 0.05) is 25.2 Å². The largest absolute Gasteiger partial charge is 0.478 e. The summed E-state index contributed by atoms with van der Waals surface area (Å²) in [7, 11) is 1.86. The number of para-hydroxylation sites is 1. The first-order valence-electron chi connectivity index (χ1n) is 6.90. The van der Waals surface area contributed by atoms with Crippen molar-refractivity contribution in [3.63, 3.8) is 0 Å². The third-order valence-corrected chi connectivity index (χ3v) is 3.81. The van der Waals surface area contributed by atoms with Gasteiger partial charge in [0.05, 0.1) is 11.1 Å². The molecule has 0 radical (unpaired) electrons. The number of carbonyl (C=O) groups is 1. The van der Waals surface area contributed by atoms with E-state index < -0.39 is 5.97 Å². The van der Waals surface area contributed by atoms with Crippen molar-refractivity contribution in [1.29, 1.82) is 0 Å². The van der Waals surface area contributed by atoms with Crippen LogP contribution >= 0.6 is 0 Å². The maximum Gasteiger partial charge on any atom is 0.337 e. The first-order chi connectivity index (χ1) is 10.1. The number of carboxylic acids is 1. The highest BCUT2D eigenvalue weighted by Gasteiger charge is 2.31. The number of carboxylic acid groups (broad SMARTS) is 1. The van der Waals surface area contributed by atoms with Gasteiger partial charge in [-0.25, -0.2) is 9.78 Å². The number of aromatic nitrogens is 4. The van der Waals surface area contributed by atoms with E-state index in [1.807, 2.05) is 29.9 Å². The Morgan fingerprint density at radius 2 is 2.14 bits per heavy atom. The van der Waals surface area contributed by atoms with Crippen LogP contribution in [0.15, 0.2) is 30.5 Å². The number of nitrogens with zero attached hydrogens (tertiary/aromatic N) is 4. The molecule has 6 heteroatoms. The van der Waals surface area contributed by atoms with Gasteiger partial charge in [0.15, 0.2) is 5.82 Å². The number of fused-ring (bicyclic) bond motifs is 1. The van der Waals surface area contributed by atoms with Crippen LogP contribution in [0.4, 0.5) is 0 Å². The average molecular weight is 282 g/mol. The lowest BCUT2D eigenvalue weighted by Gasteiger charge is -2.04. The van der Waals surface area contributed by atoms with Crippen molar-refractivity contribution in [2.45, 2.75) is 18.8 Å². The number of aromatic carboxylic acids is 1. The standard InChI is InChI=1S/C15H14N4O2/c1-18-8-7-12(17-18)19-11-4-2-3-10(15(20)21)13(11)16-14(19)9-5-6-9/h2-4,7-9H,5-6H2,1H3,(H,20,21). The van der Waals surface area contributed by atoms with Gasteiger partial charge >= 0.3 is 5.97 Å². The number of rotatable bonds is 3. The second-order valence-electron chi connectivity index (χ2n) is 5.41. The third kappa shape index (κ3) is 1.83. The van der Waals surface area contributed by atoms with Crippen molar-refractivity contribution in [2.24, 2.45) is 7.05 Å². The minimum absolute atomic E-state index is 0.240. The van der Waals surface area contributed by atoms with Crippen LogP contribution in [0, 0.1) is 0 Å². The molecule has 1 N–H and O–H groups in total. The van der Waals surface area contributed by atoms with Crippen LogP contribution in [-0.2, 0) is 7.05 Å². The zero-order valence-corrected chi connectivity index (χ0v) is 11.5. The Morgan fingerprint density at radius 1 is 1.33 bits per heavy atom. The molecule has 3 aromatic rings. The zero-order valence-electron chi connectivity index (χ0n) is 11.5. The molecule has 0 saturated heterocycles. The highest BCUT2D eigenvalue weighted by molar-refractivity contribution is 6.01. The monoisotopic (exact) mass is 282 g/mol. The van der Waals surface area contributed by atoms with E-state index in [0.29, 0.717) is 11.4 Å². The fourth-order valence-corrected chi connectivity index (χ4v) is 2.67. The number of hydrogen-bond acceptors (Lipinski definition) is 3. The summed E-state index contributed by atoms with van der Waals surface area (Å²) in [6.45, 7) is 0. The fraction of sp³-hybridized carbons (Fsp3) is 0.267. The predicted molar refractivity (Wildman–Crippen MR) is 76.8 cm³/mol. The van der Waals surface area contributed by atoms with Crippen LogP contribution in [-0.4, -0.2) is 30.4 Å². The van der Waals surface area contributed by atoms with Gasteiger partial charge in [-0.15, -0.1) is 0 Å². The molecule has 21 heavy (non-hydrogen) atoms. The topological polar surface area (TPSA) is 72.9 Å². The number of hydrogen-bond donors (Lipinski definition) is 1.